The van der Waals surface area contributed by atoms with Gasteiger partial charge in [-0.2, -0.15) is 0 Å². The molecule has 0 aromatic carbocycles. The lowest BCUT2D eigenvalue weighted by atomic mass is 9.90. The van der Waals surface area contributed by atoms with Gasteiger partial charge in [-0.15, -0.1) is 0 Å². The second kappa shape index (κ2) is 6.61. The average molecular weight is 226 g/mol. The summed E-state index contributed by atoms with van der Waals surface area (Å²) in [6.45, 7) is 14.1. The molecule has 0 amide bonds. The first-order chi connectivity index (χ1) is 7.56. The standard InChI is InChI=1S/C14H30N2/c1-6-15-12(3)10-13(4)16-9-7-8-11(2)14(16)5/h11-15H,6-10H2,1-5H3. The molecule has 0 bridgehead atoms. The first-order valence-electron chi connectivity index (χ1n) is 7.05. The van der Waals surface area contributed by atoms with Crippen LogP contribution in [-0.4, -0.2) is 36.1 Å². The van der Waals surface area contributed by atoms with E-state index in [-0.39, 0.29) is 0 Å². The Balaban J connectivity index is 2.42. The minimum atomic E-state index is 0.643. The molecule has 2 nitrogen and oxygen atoms in total. The molecule has 0 aromatic rings. The summed E-state index contributed by atoms with van der Waals surface area (Å²) in [7, 11) is 0. The van der Waals surface area contributed by atoms with Gasteiger partial charge in [0.2, 0.25) is 0 Å². The van der Waals surface area contributed by atoms with Crippen molar-refractivity contribution in [1.29, 1.82) is 0 Å². The molecule has 1 aliphatic rings. The monoisotopic (exact) mass is 226 g/mol. The molecule has 1 N–H and O–H groups in total. The molecule has 16 heavy (non-hydrogen) atoms. The highest BCUT2D eigenvalue weighted by Gasteiger charge is 2.28. The van der Waals surface area contributed by atoms with E-state index < -0.39 is 0 Å². The van der Waals surface area contributed by atoms with Crippen LogP contribution < -0.4 is 5.32 Å². The zero-order chi connectivity index (χ0) is 12.1. The smallest absolute Gasteiger partial charge is 0.00953 e. The number of nitrogens with one attached hydrogen (secondary N) is 1. The lowest BCUT2D eigenvalue weighted by Crippen LogP contribution is -2.49. The molecule has 0 saturated carbocycles. The molecular weight excluding hydrogens is 196 g/mol. The maximum atomic E-state index is 3.51. The third kappa shape index (κ3) is 3.74. The maximum absolute atomic E-state index is 3.51. The van der Waals surface area contributed by atoms with Crippen LogP contribution in [0.4, 0.5) is 0 Å². The Morgan fingerprint density at radius 1 is 1.31 bits per heavy atom. The summed E-state index contributed by atoms with van der Waals surface area (Å²) in [6, 6.07) is 2.12. The van der Waals surface area contributed by atoms with Crippen molar-refractivity contribution >= 4 is 0 Å². The summed E-state index contributed by atoms with van der Waals surface area (Å²) >= 11 is 0. The number of likely N-dealkylation sites (tertiary alicyclic amines) is 1. The van der Waals surface area contributed by atoms with Crippen LogP contribution in [0.1, 0.15) is 53.9 Å². The number of hydrogen-bond donors (Lipinski definition) is 1. The summed E-state index contributed by atoms with van der Waals surface area (Å²) in [5.41, 5.74) is 0. The fourth-order valence-electron chi connectivity index (χ4n) is 3.07. The predicted octanol–water partition coefficient (Wildman–Crippen LogP) is 2.88. The molecule has 0 spiro atoms. The third-order valence-corrected chi connectivity index (χ3v) is 4.24. The van der Waals surface area contributed by atoms with E-state index >= 15 is 0 Å². The van der Waals surface area contributed by atoms with Crippen molar-refractivity contribution < 1.29 is 0 Å². The minimum absolute atomic E-state index is 0.643. The minimum Gasteiger partial charge on any atom is -0.314 e. The van der Waals surface area contributed by atoms with Crippen molar-refractivity contribution in [2.24, 2.45) is 5.92 Å². The van der Waals surface area contributed by atoms with Crippen molar-refractivity contribution in [2.45, 2.75) is 72.0 Å². The molecule has 1 saturated heterocycles. The number of rotatable bonds is 5. The van der Waals surface area contributed by atoms with Gasteiger partial charge in [0, 0.05) is 18.1 Å². The largest absolute Gasteiger partial charge is 0.314 e. The molecule has 0 aliphatic carbocycles. The molecule has 1 fully saturated rings. The van der Waals surface area contributed by atoms with Gasteiger partial charge in [0.1, 0.15) is 0 Å². The predicted molar refractivity (Wildman–Crippen MR) is 71.8 cm³/mol. The van der Waals surface area contributed by atoms with Gasteiger partial charge in [-0.3, -0.25) is 4.90 Å². The summed E-state index contributed by atoms with van der Waals surface area (Å²) in [5.74, 6) is 0.866. The van der Waals surface area contributed by atoms with E-state index in [2.05, 4.69) is 44.8 Å². The van der Waals surface area contributed by atoms with Gasteiger partial charge in [0.25, 0.3) is 0 Å². The molecule has 96 valence electrons. The Morgan fingerprint density at radius 3 is 2.62 bits per heavy atom. The Hall–Kier alpha value is -0.0800. The van der Waals surface area contributed by atoms with E-state index in [4.69, 9.17) is 0 Å². The van der Waals surface area contributed by atoms with Crippen LogP contribution in [-0.2, 0) is 0 Å². The second-order valence-electron chi connectivity index (χ2n) is 5.64. The van der Waals surface area contributed by atoms with Crippen molar-refractivity contribution in [3.8, 4) is 0 Å². The Morgan fingerprint density at radius 2 is 2.00 bits per heavy atom. The first kappa shape index (κ1) is 14.0. The van der Waals surface area contributed by atoms with E-state index in [1.165, 1.54) is 25.8 Å². The lowest BCUT2D eigenvalue weighted by Gasteiger charge is -2.42. The molecule has 4 unspecified atom stereocenters. The van der Waals surface area contributed by atoms with Crippen LogP contribution >= 0.6 is 0 Å². The zero-order valence-corrected chi connectivity index (χ0v) is 11.8. The Bertz CT molecular complexity index is 193. The number of nitrogens with zero attached hydrogens (tertiary/aromatic N) is 1. The molecule has 1 aliphatic heterocycles. The van der Waals surface area contributed by atoms with Crippen molar-refractivity contribution in [3.05, 3.63) is 0 Å². The fourth-order valence-corrected chi connectivity index (χ4v) is 3.07. The molecule has 1 rings (SSSR count). The van der Waals surface area contributed by atoms with Crippen LogP contribution in [0.3, 0.4) is 0 Å². The van der Waals surface area contributed by atoms with E-state index in [0.29, 0.717) is 12.1 Å². The van der Waals surface area contributed by atoms with Crippen LogP contribution in [0.25, 0.3) is 0 Å². The van der Waals surface area contributed by atoms with Crippen molar-refractivity contribution in [1.82, 2.24) is 10.2 Å². The van der Waals surface area contributed by atoms with Gasteiger partial charge in [-0.1, -0.05) is 13.8 Å². The number of hydrogen-bond acceptors (Lipinski definition) is 2. The summed E-state index contributed by atoms with van der Waals surface area (Å²) in [5, 5.41) is 3.51. The Labute approximate surface area is 102 Å². The average Bonchev–Trinajstić information content (AvgIpc) is 2.22. The van der Waals surface area contributed by atoms with Crippen molar-refractivity contribution in [3.63, 3.8) is 0 Å². The molecule has 0 radical (unpaired) electrons. The van der Waals surface area contributed by atoms with Gasteiger partial charge >= 0.3 is 0 Å². The maximum Gasteiger partial charge on any atom is 0.00953 e. The summed E-state index contributed by atoms with van der Waals surface area (Å²) in [4.78, 5) is 2.71. The van der Waals surface area contributed by atoms with Crippen LogP contribution in [0, 0.1) is 5.92 Å². The van der Waals surface area contributed by atoms with E-state index in [1.54, 1.807) is 0 Å². The van der Waals surface area contributed by atoms with Crippen LogP contribution in [0.15, 0.2) is 0 Å². The molecule has 4 atom stereocenters. The lowest BCUT2D eigenvalue weighted by molar-refractivity contribution is 0.0679. The van der Waals surface area contributed by atoms with Crippen molar-refractivity contribution in [2.75, 3.05) is 13.1 Å². The molecule has 0 aromatic heterocycles. The highest BCUT2D eigenvalue weighted by molar-refractivity contribution is 4.83. The van der Waals surface area contributed by atoms with Gasteiger partial charge in [0.15, 0.2) is 0 Å². The quantitative estimate of drug-likeness (QED) is 0.775. The summed E-state index contributed by atoms with van der Waals surface area (Å²) in [6.07, 6.45) is 4.06. The normalized spacial score (nSPS) is 31.3. The second-order valence-corrected chi connectivity index (χ2v) is 5.64. The summed E-state index contributed by atoms with van der Waals surface area (Å²) < 4.78 is 0. The van der Waals surface area contributed by atoms with E-state index in [9.17, 15) is 0 Å². The first-order valence-corrected chi connectivity index (χ1v) is 7.05. The van der Waals surface area contributed by atoms with Gasteiger partial charge < -0.3 is 5.32 Å². The van der Waals surface area contributed by atoms with E-state index in [1.807, 2.05) is 0 Å². The topological polar surface area (TPSA) is 15.3 Å². The highest BCUT2D eigenvalue weighted by atomic mass is 15.2. The Kier molecular flexibility index (Phi) is 5.77. The SMILES string of the molecule is CCNC(C)CC(C)N1CCCC(C)C1C. The van der Waals surface area contributed by atoms with Gasteiger partial charge in [0.05, 0.1) is 0 Å². The van der Waals surface area contributed by atoms with Gasteiger partial charge in [-0.05, 0) is 59.0 Å². The fraction of sp³-hybridized carbons (Fsp3) is 1.00. The zero-order valence-electron chi connectivity index (χ0n) is 11.8. The highest BCUT2D eigenvalue weighted by Crippen LogP contribution is 2.25. The van der Waals surface area contributed by atoms with Crippen LogP contribution in [0.5, 0.6) is 0 Å². The molecule has 1 heterocycles. The van der Waals surface area contributed by atoms with E-state index in [0.717, 1.165) is 18.5 Å². The van der Waals surface area contributed by atoms with Crippen LogP contribution in [0.2, 0.25) is 0 Å². The molecular formula is C14H30N2. The van der Waals surface area contributed by atoms with Gasteiger partial charge in [-0.25, -0.2) is 0 Å². The number of piperidine rings is 1. The third-order valence-electron chi connectivity index (χ3n) is 4.24. The molecule has 2 heteroatoms.